The van der Waals surface area contributed by atoms with E-state index in [1.807, 2.05) is 36.4 Å². The Balaban J connectivity index is 0.775. The van der Waals surface area contributed by atoms with Crippen LogP contribution in [0.15, 0.2) is 60.7 Å². The van der Waals surface area contributed by atoms with E-state index in [1.54, 1.807) is 29.3 Å². The number of piperazine rings is 1. The van der Waals surface area contributed by atoms with Gasteiger partial charge in [-0.15, -0.1) is 15.3 Å². The molecule has 4 aliphatic heterocycles. The largest absolute Gasteiger partial charge is 0.507 e. The summed E-state index contributed by atoms with van der Waals surface area (Å²) in [6.45, 7) is 4.70. The summed E-state index contributed by atoms with van der Waals surface area (Å²) in [5, 5.41) is 20.6. The van der Waals surface area contributed by atoms with E-state index in [4.69, 9.17) is 15.3 Å². The third-order valence-corrected chi connectivity index (χ3v) is 11.5. The number of piperidine rings is 2. The van der Waals surface area contributed by atoms with Crippen molar-refractivity contribution >= 4 is 23.4 Å². The number of aromatic hydroxyl groups is 1. The summed E-state index contributed by atoms with van der Waals surface area (Å²) in [6.07, 6.45) is 7.83. The van der Waals surface area contributed by atoms with E-state index in [-0.39, 0.29) is 29.8 Å². The third-order valence-electron chi connectivity index (χ3n) is 11.5. The first-order chi connectivity index (χ1) is 24.4. The lowest BCUT2D eigenvalue weighted by Gasteiger charge is -2.48. The van der Waals surface area contributed by atoms with Crippen LogP contribution in [0.3, 0.4) is 0 Å². The van der Waals surface area contributed by atoms with Gasteiger partial charge in [0.1, 0.15) is 5.75 Å². The van der Waals surface area contributed by atoms with Gasteiger partial charge in [0.15, 0.2) is 5.82 Å². The predicted molar refractivity (Wildman–Crippen MR) is 188 cm³/mol. The van der Waals surface area contributed by atoms with Crippen LogP contribution >= 0.6 is 0 Å². The molecule has 1 saturated carbocycles. The number of nitrogens with two attached hydrogens (primary N) is 1. The highest BCUT2D eigenvalue weighted by atomic mass is 16.7. The number of amides is 1. The van der Waals surface area contributed by atoms with Crippen molar-refractivity contribution < 1.29 is 24.3 Å². The lowest BCUT2D eigenvalue weighted by molar-refractivity contribution is -0.165. The van der Waals surface area contributed by atoms with Gasteiger partial charge in [-0.2, -0.15) is 0 Å². The molecule has 5 heterocycles. The molecule has 3 N–H and O–H groups in total. The number of carbonyl (C=O) groups is 2. The molecule has 5 aliphatic rings. The number of phenols is 1. The summed E-state index contributed by atoms with van der Waals surface area (Å²) in [5.74, 6) is 0.620. The number of anilines is 2. The summed E-state index contributed by atoms with van der Waals surface area (Å²) >= 11 is 0. The van der Waals surface area contributed by atoms with Gasteiger partial charge >= 0.3 is 5.97 Å². The Kier molecular flexibility index (Phi) is 9.32. The number of benzene rings is 2. The van der Waals surface area contributed by atoms with Crippen LogP contribution in [-0.4, -0.2) is 112 Å². The van der Waals surface area contributed by atoms with Crippen LogP contribution in [-0.2, 0) is 14.4 Å². The highest BCUT2D eigenvalue weighted by Gasteiger charge is 2.46. The highest BCUT2D eigenvalue weighted by Crippen LogP contribution is 2.40. The number of nitrogen functional groups attached to an aromatic ring is 1. The van der Waals surface area contributed by atoms with Crippen LogP contribution in [0.25, 0.3) is 11.3 Å². The Morgan fingerprint density at radius 3 is 2.16 bits per heavy atom. The van der Waals surface area contributed by atoms with E-state index in [0.717, 1.165) is 83.2 Å². The van der Waals surface area contributed by atoms with Crippen molar-refractivity contribution in [2.45, 2.75) is 81.7 Å². The Morgan fingerprint density at radius 1 is 0.780 bits per heavy atom. The molecule has 2 atom stereocenters. The first kappa shape index (κ1) is 32.9. The second-order valence-corrected chi connectivity index (χ2v) is 14.6. The maximum Gasteiger partial charge on any atom is 0.357 e. The Morgan fingerprint density at radius 2 is 1.46 bits per heavy atom. The van der Waals surface area contributed by atoms with E-state index in [2.05, 4.69) is 24.9 Å². The van der Waals surface area contributed by atoms with Crippen LogP contribution in [0, 0.1) is 5.92 Å². The zero-order valence-corrected chi connectivity index (χ0v) is 28.5. The van der Waals surface area contributed by atoms with Crippen molar-refractivity contribution in [3.05, 3.63) is 66.2 Å². The number of hydrogen-bond acceptors (Lipinski definition) is 11. The minimum absolute atomic E-state index is 0.0605. The number of para-hydroxylation sites is 1. The van der Waals surface area contributed by atoms with E-state index < -0.39 is 0 Å². The molecule has 0 spiro atoms. The minimum Gasteiger partial charge on any atom is -0.507 e. The van der Waals surface area contributed by atoms with Crippen molar-refractivity contribution in [1.82, 2.24) is 25.1 Å². The van der Waals surface area contributed by atoms with Gasteiger partial charge < -0.3 is 30.2 Å². The molecular weight excluding hydrogens is 634 g/mol. The molecule has 3 aromatic rings. The first-order valence-electron chi connectivity index (χ1n) is 18.3. The maximum atomic E-state index is 13.4. The zero-order chi connectivity index (χ0) is 34.2. The summed E-state index contributed by atoms with van der Waals surface area (Å²) in [4.78, 5) is 38.6. The topological polar surface area (TPSA) is 138 Å². The number of hydroxylamine groups is 2. The molecule has 1 amide bonds. The van der Waals surface area contributed by atoms with Crippen LogP contribution in [0.1, 0.15) is 61.7 Å². The van der Waals surface area contributed by atoms with Gasteiger partial charge in [0, 0.05) is 68.9 Å². The second-order valence-electron chi connectivity index (χ2n) is 14.6. The molecule has 5 fully saturated rings. The Hall–Kier alpha value is -4.26. The monoisotopic (exact) mass is 681 g/mol. The van der Waals surface area contributed by atoms with E-state index in [1.165, 1.54) is 0 Å². The Labute approximate surface area is 293 Å². The SMILES string of the molecule is Nc1nnc(-c2ccccc2O)cc1N1CC2CCC(C1)N2C1CCN(C(=O)C2CC(OC3CCN(OC(=O)c4ccccc4)CC3)C2)CC1. The number of aromatic nitrogens is 2. The van der Waals surface area contributed by atoms with Crippen LogP contribution in [0.4, 0.5) is 11.5 Å². The fourth-order valence-electron chi connectivity index (χ4n) is 8.79. The molecule has 2 bridgehead atoms. The van der Waals surface area contributed by atoms with Crippen molar-refractivity contribution in [3.63, 3.8) is 0 Å². The average molecular weight is 682 g/mol. The summed E-state index contributed by atoms with van der Waals surface area (Å²) in [5.41, 5.74) is 9.05. The normalized spacial score (nSPS) is 26.5. The molecule has 50 heavy (non-hydrogen) atoms. The quantitative estimate of drug-likeness (QED) is 0.356. The number of hydrogen-bond donors (Lipinski definition) is 2. The number of rotatable bonds is 8. The molecule has 4 saturated heterocycles. The Bertz CT molecular complexity index is 1660. The smallest absolute Gasteiger partial charge is 0.357 e. The molecule has 264 valence electrons. The second kappa shape index (κ2) is 14.2. The summed E-state index contributed by atoms with van der Waals surface area (Å²) in [7, 11) is 0. The molecule has 1 aliphatic carbocycles. The molecule has 12 heteroatoms. The van der Waals surface area contributed by atoms with E-state index in [9.17, 15) is 14.7 Å². The van der Waals surface area contributed by atoms with Gasteiger partial charge in [0.25, 0.3) is 0 Å². The lowest BCUT2D eigenvalue weighted by Crippen LogP contribution is -2.60. The molecule has 1 aromatic heterocycles. The average Bonchev–Trinajstić information content (AvgIpc) is 3.39. The highest BCUT2D eigenvalue weighted by molar-refractivity contribution is 5.89. The van der Waals surface area contributed by atoms with Crippen molar-refractivity contribution in [2.24, 2.45) is 5.92 Å². The fourth-order valence-corrected chi connectivity index (χ4v) is 8.79. The third kappa shape index (κ3) is 6.76. The van der Waals surface area contributed by atoms with Gasteiger partial charge in [0.05, 0.1) is 29.2 Å². The molecule has 8 rings (SSSR count). The maximum absolute atomic E-state index is 13.4. The van der Waals surface area contributed by atoms with Gasteiger partial charge in [-0.05, 0) is 81.7 Å². The molecular formula is C38H47N7O5. The van der Waals surface area contributed by atoms with Crippen LogP contribution in [0.2, 0.25) is 0 Å². The fraction of sp³-hybridized carbons (Fsp3) is 0.526. The van der Waals surface area contributed by atoms with E-state index >= 15 is 0 Å². The summed E-state index contributed by atoms with van der Waals surface area (Å²) in [6, 6.07) is 19.6. The van der Waals surface area contributed by atoms with E-state index in [0.29, 0.717) is 59.8 Å². The first-order valence-corrected chi connectivity index (χ1v) is 18.3. The minimum atomic E-state index is -0.324. The zero-order valence-electron chi connectivity index (χ0n) is 28.5. The van der Waals surface area contributed by atoms with Gasteiger partial charge in [-0.3, -0.25) is 9.69 Å². The number of ether oxygens (including phenoxy) is 1. The molecule has 12 nitrogen and oxygen atoms in total. The molecule has 2 aromatic carbocycles. The van der Waals surface area contributed by atoms with Crippen molar-refractivity contribution in [2.75, 3.05) is 49.9 Å². The van der Waals surface area contributed by atoms with Crippen LogP contribution < -0.4 is 10.6 Å². The molecule has 2 unspecified atom stereocenters. The molecule has 0 radical (unpaired) electrons. The summed E-state index contributed by atoms with van der Waals surface area (Å²) < 4.78 is 6.37. The van der Waals surface area contributed by atoms with Gasteiger partial charge in [-0.25, -0.2) is 4.79 Å². The van der Waals surface area contributed by atoms with Gasteiger partial charge in [-0.1, -0.05) is 30.3 Å². The number of likely N-dealkylation sites (tertiary alicyclic amines) is 1. The lowest BCUT2D eigenvalue weighted by atomic mass is 9.80. The van der Waals surface area contributed by atoms with Crippen molar-refractivity contribution in [3.8, 4) is 17.0 Å². The number of carbonyl (C=O) groups excluding carboxylic acids is 2. The number of nitrogens with zero attached hydrogens (tertiary/aromatic N) is 6. The number of phenolic OH excluding ortho intramolecular Hbond substituents is 1. The predicted octanol–water partition coefficient (Wildman–Crippen LogP) is 4.11. The number of fused-ring (bicyclic) bond motifs is 2. The van der Waals surface area contributed by atoms with Gasteiger partial charge in [0.2, 0.25) is 5.91 Å². The standard InChI is InChI=1S/C38H47N7O5/c39-36-34(22-33(40-41-36)32-8-4-5-9-35(32)46)43-23-28-10-11-29(24-43)45(28)27-12-16-42(17-13-27)37(47)26-20-31(21-26)49-30-14-18-44(19-15-30)50-38(48)25-6-2-1-3-7-25/h1-9,22,26-31,46H,10-21,23-24H2,(H2,39,41). The van der Waals surface area contributed by atoms with Crippen LogP contribution in [0.5, 0.6) is 5.75 Å². The van der Waals surface area contributed by atoms with Crippen molar-refractivity contribution in [1.29, 1.82) is 0 Å².